The van der Waals surface area contributed by atoms with Crippen molar-refractivity contribution in [2.24, 2.45) is 0 Å². The summed E-state index contributed by atoms with van der Waals surface area (Å²) < 4.78 is 0. The van der Waals surface area contributed by atoms with Crippen LogP contribution in [0, 0.1) is 0 Å². The number of carboxylic acids is 1. The van der Waals surface area contributed by atoms with Crippen molar-refractivity contribution in [1.29, 1.82) is 0 Å². The summed E-state index contributed by atoms with van der Waals surface area (Å²) in [6.45, 7) is -0.201. The summed E-state index contributed by atoms with van der Waals surface area (Å²) in [7, 11) is 0. The van der Waals surface area contributed by atoms with Gasteiger partial charge in [-0.1, -0.05) is 54.6 Å². The Morgan fingerprint density at radius 3 is 2.20 bits per heavy atom. The van der Waals surface area contributed by atoms with Gasteiger partial charge in [0.1, 0.15) is 5.75 Å². The number of urea groups is 1. The first-order chi connectivity index (χ1) is 16.9. The number of rotatable bonds is 7. The molecule has 0 radical (unpaired) electrons. The van der Waals surface area contributed by atoms with Gasteiger partial charge in [0.2, 0.25) is 5.91 Å². The lowest BCUT2D eigenvalue weighted by atomic mass is 10.0. The lowest BCUT2D eigenvalue weighted by Gasteiger charge is -2.31. The van der Waals surface area contributed by atoms with E-state index in [1.165, 1.54) is 0 Å². The van der Waals surface area contributed by atoms with Crippen LogP contribution in [0.5, 0.6) is 5.75 Å². The van der Waals surface area contributed by atoms with Crippen LogP contribution in [0.2, 0.25) is 0 Å². The summed E-state index contributed by atoms with van der Waals surface area (Å²) in [5, 5.41) is 25.9. The van der Waals surface area contributed by atoms with E-state index in [4.69, 9.17) is 0 Å². The maximum Gasteiger partial charge on any atom is 0.319 e. The number of carbonyl (C=O) groups excluding carboxylic acids is 3. The molecule has 1 aliphatic heterocycles. The van der Waals surface area contributed by atoms with Gasteiger partial charge in [0, 0.05) is 18.1 Å². The van der Waals surface area contributed by atoms with Crippen LogP contribution in [-0.4, -0.2) is 34.5 Å². The molecular weight excluding hydrogens is 446 g/mol. The molecule has 3 N–H and O–H groups in total. The molecule has 0 saturated carbocycles. The summed E-state index contributed by atoms with van der Waals surface area (Å²) in [6.07, 6.45) is 1.29. The topological polar surface area (TPSA) is 122 Å². The Bertz CT molecular complexity index is 1200. The van der Waals surface area contributed by atoms with Crippen molar-refractivity contribution < 1.29 is 24.6 Å². The normalized spacial score (nSPS) is 17.1. The zero-order valence-corrected chi connectivity index (χ0v) is 19.0. The van der Waals surface area contributed by atoms with Crippen molar-refractivity contribution in [3.05, 3.63) is 95.6 Å². The summed E-state index contributed by atoms with van der Waals surface area (Å²) in [5.41, 5.74) is 2.89. The fourth-order valence-electron chi connectivity index (χ4n) is 4.52. The molecule has 3 aromatic rings. The van der Waals surface area contributed by atoms with Gasteiger partial charge < -0.3 is 30.5 Å². The average Bonchev–Trinajstić information content (AvgIpc) is 3.29. The smallest absolute Gasteiger partial charge is 0.319 e. The van der Waals surface area contributed by atoms with E-state index in [1.54, 1.807) is 47.4 Å². The minimum Gasteiger partial charge on any atom is -0.550 e. The van der Waals surface area contributed by atoms with Crippen LogP contribution >= 0.6 is 0 Å². The standard InChI is InChI=1S/C27H27N3O5/c31-22-8-4-7-20(16-22)24-14-13-23(19-5-2-1-3-6-19)30(24)25(32)17-28-27(35)29-21-11-9-18(10-12-21)15-26(33)34/h1-12,16,23-24,31H,13-15,17H2,(H,33,34)(H2,28,29,35)/p-1. The second kappa shape index (κ2) is 10.7. The fraction of sp³-hybridized carbons (Fsp3) is 0.222. The third kappa shape index (κ3) is 5.97. The number of anilines is 1. The van der Waals surface area contributed by atoms with Crippen molar-refractivity contribution in [2.75, 3.05) is 11.9 Å². The molecule has 1 saturated heterocycles. The molecule has 0 spiro atoms. The Morgan fingerprint density at radius 2 is 1.54 bits per heavy atom. The van der Waals surface area contributed by atoms with Gasteiger partial charge in [-0.25, -0.2) is 4.79 Å². The molecule has 4 rings (SSSR count). The summed E-state index contributed by atoms with van der Waals surface area (Å²) in [5.74, 6) is -1.27. The second-order valence-electron chi connectivity index (χ2n) is 8.47. The quantitative estimate of drug-likeness (QED) is 0.488. The molecule has 3 amide bonds. The molecule has 8 heteroatoms. The maximum atomic E-state index is 13.4. The van der Waals surface area contributed by atoms with Gasteiger partial charge in [-0.2, -0.15) is 0 Å². The van der Waals surface area contributed by atoms with Crippen LogP contribution in [0.1, 0.15) is 41.6 Å². The Morgan fingerprint density at radius 1 is 0.886 bits per heavy atom. The first kappa shape index (κ1) is 23.8. The molecular formula is C27H26N3O5-. The summed E-state index contributed by atoms with van der Waals surface area (Å²) in [4.78, 5) is 38.3. The predicted molar refractivity (Wildman–Crippen MR) is 128 cm³/mol. The molecule has 2 atom stereocenters. The predicted octanol–water partition coefficient (Wildman–Crippen LogP) is 2.91. The molecule has 1 aliphatic rings. The molecule has 1 fully saturated rings. The van der Waals surface area contributed by atoms with Crippen LogP contribution in [-0.2, 0) is 16.0 Å². The van der Waals surface area contributed by atoms with Crippen molar-refractivity contribution >= 4 is 23.6 Å². The minimum atomic E-state index is -1.18. The van der Waals surface area contributed by atoms with Crippen molar-refractivity contribution in [3.63, 3.8) is 0 Å². The van der Waals surface area contributed by atoms with E-state index in [0.29, 0.717) is 11.3 Å². The number of benzene rings is 3. The van der Waals surface area contributed by atoms with Gasteiger partial charge in [-0.05, 0) is 53.8 Å². The van der Waals surface area contributed by atoms with Crippen LogP contribution in [0.3, 0.4) is 0 Å². The average molecular weight is 473 g/mol. The van der Waals surface area contributed by atoms with E-state index in [0.717, 1.165) is 24.0 Å². The summed E-state index contributed by atoms with van der Waals surface area (Å²) >= 11 is 0. The first-order valence-corrected chi connectivity index (χ1v) is 11.4. The lowest BCUT2D eigenvalue weighted by molar-refractivity contribution is -0.304. The van der Waals surface area contributed by atoms with Gasteiger partial charge in [0.05, 0.1) is 18.6 Å². The summed E-state index contributed by atoms with van der Waals surface area (Å²) in [6, 6.07) is 22.1. The first-order valence-electron chi connectivity index (χ1n) is 11.4. The number of hydrogen-bond acceptors (Lipinski definition) is 5. The Kier molecular flexibility index (Phi) is 7.30. The molecule has 3 aromatic carbocycles. The van der Waals surface area contributed by atoms with Gasteiger partial charge in [0.15, 0.2) is 0 Å². The molecule has 0 aromatic heterocycles. The SMILES string of the molecule is O=C([O-])Cc1ccc(NC(=O)NCC(=O)N2C(c3ccccc3)CCC2c2cccc(O)c2)cc1. The number of phenolic OH excluding ortho intramolecular Hbond substituents is 1. The third-order valence-corrected chi connectivity index (χ3v) is 6.07. The number of nitrogens with zero attached hydrogens (tertiary/aromatic N) is 1. The van der Waals surface area contributed by atoms with E-state index < -0.39 is 12.0 Å². The highest BCUT2D eigenvalue weighted by molar-refractivity contribution is 5.92. The van der Waals surface area contributed by atoms with E-state index in [9.17, 15) is 24.6 Å². The third-order valence-electron chi connectivity index (χ3n) is 6.07. The Balaban J connectivity index is 1.44. The minimum absolute atomic E-state index is 0.140. The van der Waals surface area contributed by atoms with Crippen LogP contribution < -0.4 is 15.7 Å². The van der Waals surface area contributed by atoms with Gasteiger partial charge in [0.25, 0.3) is 0 Å². The highest BCUT2D eigenvalue weighted by Crippen LogP contribution is 2.44. The largest absolute Gasteiger partial charge is 0.550 e. The second-order valence-corrected chi connectivity index (χ2v) is 8.47. The van der Waals surface area contributed by atoms with E-state index in [-0.39, 0.29) is 36.7 Å². The number of aromatic hydroxyl groups is 1. The molecule has 0 bridgehead atoms. The maximum absolute atomic E-state index is 13.4. The van der Waals surface area contributed by atoms with Crippen LogP contribution in [0.4, 0.5) is 10.5 Å². The van der Waals surface area contributed by atoms with E-state index >= 15 is 0 Å². The Labute approximate surface area is 203 Å². The molecule has 35 heavy (non-hydrogen) atoms. The molecule has 0 aliphatic carbocycles. The number of nitrogens with one attached hydrogen (secondary N) is 2. The van der Waals surface area contributed by atoms with Gasteiger partial charge >= 0.3 is 6.03 Å². The van der Waals surface area contributed by atoms with E-state index in [2.05, 4.69) is 10.6 Å². The molecule has 8 nitrogen and oxygen atoms in total. The molecule has 1 heterocycles. The lowest BCUT2D eigenvalue weighted by Crippen LogP contribution is -2.42. The number of aliphatic carboxylic acids is 1. The number of carbonyl (C=O) groups is 3. The van der Waals surface area contributed by atoms with Gasteiger partial charge in [-0.3, -0.25) is 4.79 Å². The van der Waals surface area contributed by atoms with E-state index in [1.807, 2.05) is 36.4 Å². The number of amides is 3. The van der Waals surface area contributed by atoms with Crippen molar-refractivity contribution in [2.45, 2.75) is 31.3 Å². The monoisotopic (exact) mass is 472 g/mol. The highest BCUT2D eigenvalue weighted by atomic mass is 16.4. The van der Waals surface area contributed by atoms with Gasteiger partial charge in [-0.15, -0.1) is 0 Å². The highest BCUT2D eigenvalue weighted by Gasteiger charge is 2.38. The van der Waals surface area contributed by atoms with Crippen molar-refractivity contribution in [1.82, 2.24) is 10.2 Å². The fourth-order valence-corrected chi connectivity index (χ4v) is 4.52. The molecule has 180 valence electrons. The van der Waals surface area contributed by atoms with Crippen LogP contribution in [0.15, 0.2) is 78.9 Å². The number of carboxylic acid groups (broad SMARTS) is 1. The number of phenols is 1. The zero-order valence-electron chi connectivity index (χ0n) is 19.0. The number of likely N-dealkylation sites (tertiary alicyclic amines) is 1. The molecule has 2 unspecified atom stereocenters. The zero-order chi connectivity index (χ0) is 24.8. The number of hydrogen-bond donors (Lipinski definition) is 3. The Hall–Kier alpha value is -4.33. The van der Waals surface area contributed by atoms with Crippen LogP contribution in [0.25, 0.3) is 0 Å². The van der Waals surface area contributed by atoms with Crippen molar-refractivity contribution in [3.8, 4) is 5.75 Å².